The molecule has 2 aliphatic heterocycles. The van der Waals surface area contributed by atoms with Gasteiger partial charge in [0.1, 0.15) is 13.2 Å². The lowest BCUT2D eigenvalue weighted by atomic mass is 10.2. The Morgan fingerprint density at radius 1 is 1.03 bits per heavy atom. The molecule has 0 aliphatic carbocycles. The van der Waals surface area contributed by atoms with Gasteiger partial charge in [0.05, 0.1) is 24.2 Å². The molecular formula is C24H27N5O4S. The molecule has 34 heavy (non-hydrogen) atoms. The van der Waals surface area contributed by atoms with E-state index in [9.17, 15) is 4.79 Å². The summed E-state index contributed by atoms with van der Waals surface area (Å²) in [6.07, 6.45) is 0. The lowest BCUT2D eigenvalue weighted by molar-refractivity contribution is -0.115. The van der Waals surface area contributed by atoms with E-state index in [1.54, 1.807) is 6.07 Å². The van der Waals surface area contributed by atoms with Gasteiger partial charge in [0.2, 0.25) is 11.9 Å². The van der Waals surface area contributed by atoms with Gasteiger partial charge in [-0.3, -0.25) is 9.36 Å². The Hall–Kier alpha value is -3.24. The number of hydrogen-bond donors (Lipinski definition) is 1. The quantitative estimate of drug-likeness (QED) is 0.537. The standard InChI is InChI=1S/C24H27N5O4S/c1-16-5-3-4-6-19(16)29-23(28-9-11-31-12-10-28)26-27-24(29)34-17(2)22(30)25-18-7-8-20-21(15-18)33-14-13-32-20/h3-8,15,17H,9-14H2,1-2H3,(H,25,30)/t17-/m1/s1. The number of thioether (sulfide) groups is 1. The molecule has 0 unspecified atom stereocenters. The van der Waals surface area contributed by atoms with Gasteiger partial charge in [-0.15, -0.1) is 10.2 Å². The fraction of sp³-hybridized carbons (Fsp3) is 0.375. The number of nitrogens with zero attached hydrogens (tertiary/aromatic N) is 4. The molecule has 1 saturated heterocycles. The zero-order chi connectivity index (χ0) is 23.5. The highest BCUT2D eigenvalue weighted by atomic mass is 32.2. The number of aromatic nitrogens is 3. The fourth-order valence-electron chi connectivity index (χ4n) is 3.91. The summed E-state index contributed by atoms with van der Waals surface area (Å²) in [6, 6.07) is 13.5. The van der Waals surface area contributed by atoms with Crippen molar-refractivity contribution in [1.29, 1.82) is 0 Å². The largest absolute Gasteiger partial charge is 0.486 e. The van der Waals surface area contributed by atoms with Crippen LogP contribution in [0.2, 0.25) is 0 Å². The number of morpholine rings is 1. The number of hydrogen-bond acceptors (Lipinski definition) is 8. The smallest absolute Gasteiger partial charge is 0.237 e. The SMILES string of the molecule is Cc1ccccc1-n1c(S[C@H](C)C(=O)Nc2ccc3c(c2)OCCO3)nnc1N1CCOCC1. The molecule has 0 saturated carbocycles. The molecule has 9 nitrogen and oxygen atoms in total. The molecule has 1 aromatic heterocycles. The fourth-order valence-corrected chi connectivity index (χ4v) is 4.76. The first-order chi connectivity index (χ1) is 16.6. The minimum Gasteiger partial charge on any atom is -0.486 e. The van der Waals surface area contributed by atoms with E-state index in [-0.39, 0.29) is 5.91 Å². The van der Waals surface area contributed by atoms with Crippen molar-refractivity contribution in [3.05, 3.63) is 48.0 Å². The van der Waals surface area contributed by atoms with Crippen LogP contribution in [0, 0.1) is 6.92 Å². The maximum atomic E-state index is 13.0. The lowest BCUT2D eigenvalue weighted by Gasteiger charge is -2.28. The molecule has 0 bridgehead atoms. The van der Waals surface area contributed by atoms with Crippen LogP contribution in [0.25, 0.3) is 5.69 Å². The van der Waals surface area contributed by atoms with Crippen LogP contribution in [0.15, 0.2) is 47.6 Å². The van der Waals surface area contributed by atoms with Gasteiger partial charge in [0.25, 0.3) is 0 Å². The van der Waals surface area contributed by atoms with Crippen LogP contribution in [0.1, 0.15) is 12.5 Å². The minimum absolute atomic E-state index is 0.131. The van der Waals surface area contributed by atoms with Gasteiger partial charge < -0.3 is 24.4 Å². The van der Waals surface area contributed by atoms with Crippen molar-refractivity contribution >= 4 is 29.3 Å². The Balaban J connectivity index is 1.37. The Morgan fingerprint density at radius 2 is 1.79 bits per heavy atom. The van der Waals surface area contributed by atoms with Crippen molar-refractivity contribution in [2.75, 3.05) is 49.7 Å². The van der Waals surface area contributed by atoms with Crippen LogP contribution in [0.5, 0.6) is 11.5 Å². The van der Waals surface area contributed by atoms with Gasteiger partial charge >= 0.3 is 0 Å². The average molecular weight is 482 g/mol. The van der Waals surface area contributed by atoms with Gasteiger partial charge in [0, 0.05) is 24.8 Å². The highest BCUT2D eigenvalue weighted by Crippen LogP contribution is 2.34. The van der Waals surface area contributed by atoms with Crippen molar-refractivity contribution in [3.63, 3.8) is 0 Å². The summed E-state index contributed by atoms with van der Waals surface area (Å²) in [5, 5.41) is 12.2. The van der Waals surface area contributed by atoms with Gasteiger partial charge in [-0.1, -0.05) is 30.0 Å². The van der Waals surface area contributed by atoms with E-state index < -0.39 is 5.25 Å². The number of aryl methyl sites for hydroxylation is 1. The van der Waals surface area contributed by atoms with Crippen molar-refractivity contribution in [2.45, 2.75) is 24.3 Å². The maximum absolute atomic E-state index is 13.0. The van der Waals surface area contributed by atoms with E-state index in [1.807, 2.05) is 41.8 Å². The number of anilines is 2. The van der Waals surface area contributed by atoms with Crippen molar-refractivity contribution in [3.8, 4) is 17.2 Å². The molecule has 1 amide bonds. The van der Waals surface area contributed by atoms with E-state index in [0.29, 0.717) is 48.8 Å². The normalized spacial score (nSPS) is 16.2. The van der Waals surface area contributed by atoms with Gasteiger partial charge in [-0.25, -0.2) is 0 Å². The molecule has 0 radical (unpaired) electrons. The third-order valence-corrected chi connectivity index (χ3v) is 6.77. The van der Waals surface area contributed by atoms with Gasteiger partial charge in [-0.2, -0.15) is 0 Å². The Labute approximate surface area is 202 Å². The number of benzene rings is 2. The van der Waals surface area contributed by atoms with E-state index in [0.717, 1.165) is 30.3 Å². The minimum atomic E-state index is -0.405. The number of carbonyl (C=O) groups is 1. The monoisotopic (exact) mass is 481 g/mol. The summed E-state index contributed by atoms with van der Waals surface area (Å²) in [7, 11) is 0. The number of amides is 1. The van der Waals surface area contributed by atoms with Gasteiger partial charge in [-0.05, 0) is 37.6 Å². The highest BCUT2D eigenvalue weighted by Gasteiger charge is 2.26. The Kier molecular flexibility index (Phi) is 6.59. The number of para-hydroxylation sites is 1. The molecular weight excluding hydrogens is 454 g/mol. The van der Waals surface area contributed by atoms with E-state index >= 15 is 0 Å². The lowest BCUT2D eigenvalue weighted by Crippen LogP contribution is -2.38. The second-order valence-electron chi connectivity index (χ2n) is 8.11. The van der Waals surface area contributed by atoms with Gasteiger partial charge in [0.15, 0.2) is 16.7 Å². The summed E-state index contributed by atoms with van der Waals surface area (Å²) >= 11 is 1.38. The third kappa shape index (κ3) is 4.69. The third-order valence-electron chi connectivity index (χ3n) is 5.73. The predicted molar refractivity (Wildman–Crippen MR) is 131 cm³/mol. The zero-order valence-corrected chi connectivity index (χ0v) is 20.0. The average Bonchev–Trinajstić information content (AvgIpc) is 3.28. The van der Waals surface area contributed by atoms with Crippen molar-refractivity contribution in [2.24, 2.45) is 0 Å². The second-order valence-corrected chi connectivity index (χ2v) is 9.42. The van der Waals surface area contributed by atoms with Crippen molar-refractivity contribution < 1.29 is 19.0 Å². The molecule has 0 spiro atoms. The molecule has 1 N–H and O–H groups in total. The molecule has 1 atom stereocenters. The number of nitrogens with one attached hydrogen (secondary N) is 1. The first-order valence-corrected chi connectivity index (χ1v) is 12.2. The highest BCUT2D eigenvalue weighted by molar-refractivity contribution is 8.00. The Bertz CT molecular complexity index is 1180. The molecule has 1 fully saturated rings. The van der Waals surface area contributed by atoms with Crippen LogP contribution >= 0.6 is 11.8 Å². The van der Waals surface area contributed by atoms with Crippen LogP contribution < -0.4 is 19.7 Å². The molecule has 2 aromatic carbocycles. The number of ether oxygens (including phenoxy) is 3. The van der Waals surface area contributed by atoms with Crippen LogP contribution in [-0.4, -0.2) is 65.4 Å². The zero-order valence-electron chi connectivity index (χ0n) is 19.2. The number of fused-ring (bicyclic) bond motifs is 1. The van der Waals surface area contributed by atoms with E-state index in [1.165, 1.54) is 11.8 Å². The summed E-state index contributed by atoms with van der Waals surface area (Å²) in [5.41, 5.74) is 2.76. The summed E-state index contributed by atoms with van der Waals surface area (Å²) in [5.74, 6) is 1.96. The van der Waals surface area contributed by atoms with Crippen LogP contribution in [0.4, 0.5) is 11.6 Å². The molecule has 5 rings (SSSR count). The molecule has 3 heterocycles. The Morgan fingerprint density at radius 3 is 2.59 bits per heavy atom. The maximum Gasteiger partial charge on any atom is 0.237 e. The van der Waals surface area contributed by atoms with E-state index in [4.69, 9.17) is 14.2 Å². The molecule has 10 heteroatoms. The predicted octanol–water partition coefficient (Wildman–Crippen LogP) is 3.30. The first kappa shape index (κ1) is 22.5. The summed E-state index contributed by atoms with van der Waals surface area (Å²) in [6.45, 7) is 7.74. The second kappa shape index (κ2) is 9.94. The van der Waals surface area contributed by atoms with E-state index in [2.05, 4.69) is 33.4 Å². The molecule has 178 valence electrons. The number of rotatable bonds is 6. The first-order valence-electron chi connectivity index (χ1n) is 11.3. The van der Waals surface area contributed by atoms with Crippen molar-refractivity contribution in [1.82, 2.24) is 14.8 Å². The summed E-state index contributed by atoms with van der Waals surface area (Å²) in [4.78, 5) is 15.2. The molecule has 3 aromatic rings. The van der Waals surface area contributed by atoms with Crippen LogP contribution in [-0.2, 0) is 9.53 Å². The number of carbonyl (C=O) groups excluding carboxylic acids is 1. The molecule has 2 aliphatic rings. The van der Waals surface area contributed by atoms with Crippen LogP contribution in [0.3, 0.4) is 0 Å². The summed E-state index contributed by atoms with van der Waals surface area (Å²) < 4.78 is 18.7. The topological polar surface area (TPSA) is 90.7 Å².